The van der Waals surface area contributed by atoms with Gasteiger partial charge in [0.15, 0.2) is 11.5 Å². The minimum Gasteiger partial charge on any atom is -0.474 e. The molecule has 2 N–H and O–H groups in total. The average molecular weight is 506 g/mol. The number of nitrogens with zero attached hydrogens (tertiary/aromatic N) is 8. The Labute approximate surface area is 216 Å². The predicted molar refractivity (Wildman–Crippen MR) is 141 cm³/mol. The first-order valence-corrected chi connectivity index (χ1v) is 13.1. The van der Waals surface area contributed by atoms with Crippen molar-refractivity contribution in [2.75, 3.05) is 36.8 Å². The second kappa shape index (κ2) is 9.13. The third-order valence-electron chi connectivity index (χ3n) is 7.29. The molecule has 2 atom stereocenters. The summed E-state index contributed by atoms with van der Waals surface area (Å²) in [5, 5.41) is 0. The van der Waals surface area contributed by atoms with Crippen molar-refractivity contribution >= 4 is 22.9 Å². The first-order valence-electron chi connectivity index (χ1n) is 13.1. The quantitative estimate of drug-likeness (QED) is 0.518. The number of ether oxygens (including phenoxy) is 2. The zero-order chi connectivity index (χ0) is 25.7. The molecule has 0 spiro atoms. The van der Waals surface area contributed by atoms with Crippen molar-refractivity contribution in [3.05, 3.63) is 31.2 Å². The summed E-state index contributed by atoms with van der Waals surface area (Å²) in [6.45, 7) is 13.6. The number of fused-ring (bicyclic) bond motifs is 3. The van der Waals surface area contributed by atoms with Gasteiger partial charge in [-0.05, 0) is 53.0 Å². The number of piperidine rings is 1. The highest BCUT2D eigenvalue weighted by atomic mass is 16.5. The molecule has 3 saturated heterocycles. The van der Waals surface area contributed by atoms with Gasteiger partial charge in [-0.25, -0.2) is 19.9 Å². The lowest BCUT2D eigenvalue weighted by Crippen LogP contribution is -2.43. The lowest BCUT2D eigenvalue weighted by molar-refractivity contribution is -0.00478. The highest BCUT2D eigenvalue weighted by Crippen LogP contribution is 2.34. The van der Waals surface area contributed by atoms with Gasteiger partial charge in [-0.15, -0.1) is 0 Å². The van der Waals surface area contributed by atoms with Crippen molar-refractivity contribution < 1.29 is 9.47 Å². The van der Waals surface area contributed by atoms with E-state index in [1.165, 1.54) is 0 Å². The van der Waals surface area contributed by atoms with Crippen LogP contribution < -0.4 is 10.6 Å². The number of morpholine rings is 1. The Morgan fingerprint density at radius 1 is 1.03 bits per heavy atom. The Bertz CT molecular complexity index is 1280. The number of aromatic nitrogens is 6. The van der Waals surface area contributed by atoms with Crippen LogP contribution in [0.15, 0.2) is 31.2 Å². The van der Waals surface area contributed by atoms with Crippen LogP contribution in [0.1, 0.15) is 52.5 Å². The van der Waals surface area contributed by atoms with Crippen LogP contribution in [0.25, 0.3) is 22.6 Å². The summed E-state index contributed by atoms with van der Waals surface area (Å²) in [5.74, 6) is 1.79. The number of nitrogens with two attached hydrogens (primary N) is 1. The molecule has 11 heteroatoms. The van der Waals surface area contributed by atoms with Crippen LogP contribution in [-0.2, 0) is 9.47 Å². The molecular weight excluding hydrogens is 470 g/mol. The molecule has 3 fully saturated rings. The largest absolute Gasteiger partial charge is 0.474 e. The lowest BCUT2D eigenvalue weighted by Gasteiger charge is -2.37. The Balaban J connectivity index is 1.32. The molecule has 2 unspecified atom stereocenters. The van der Waals surface area contributed by atoms with E-state index in [4.69, 9.17) is 30.2 Å². The molecule has 11 nitrogen and oxygen atoms in total. The van der Waals surface area contributed by atoms with Crippen LogP contribution in [0.3, 0.4) is 0 Å². The molecule has 2 bridgehead atoms. The van der Waals surface area contributed by atoms with Gasteiger partial charge in [0.05, 0.1) is 30.9 Å². The van der Waals surface area contributed by atoms with Crippen LogP contribution in [0.5, 0.6) is 0 Å². The predicted octanol–water partition coefficient (Wildman–Crippen LogP) is 3.16. The van der Waals surface area contributed by atoms with Crippen molar-refractivity contribution in [1.82, 2.24) is 34.4 Å². The van der Waals surface area contributed by atoms with Crippen LogP contribution >= 0.6 is 0 Å². The molecule has 6 rings (SSSR count). The normalized spacial score (nSPS) is 22.6. The van der Waals surface area contributed by atoms with Crippen molar-refractivity contribution in [2.45, 2.75) is 70.3 Å². The van der Waals surface area contributed by atoms with Crippen LogP contribution in [-0.4, -0.2) is 78.4 Å². The molecule has 37 heavy (non-hydrogen) atoms. The molecule has 0 saturated carbocycles. The molecular formula is C26H35N9O2. The molecule has 0 aliphatic carbocycles. The Morgan fingerprint density at radius 2 is 1.76 bits per heavy atom. The summed E-state index contributed by atoms with van der Waals surface area (Å²) in [5.41, 5.74) is 8.39. The number of hydrogen-bond donors (Lipinski definition) is 1. The fraction of sp³-hybridized carbons (Fsp3) is 0.577. The van der Waals surface area contributed by atoms with Gasteiger partial charge in [0.25, 0.3) is 0 Å². The van der Waals surface area contributed by atoms with E-state index in [1.54, 1.807) is 12.4 Å². The van der Waals surface area contributed by atoms with Crippen molar-refractivity contribution in [3.8, 4) is 11.4 Å². The molecule has 3 aliphatic rings. The van der Waals surface area contributed by atoms with Gasteiger partial charge in [-0.3, -0.25) is 0 Å². The standard InChI is InChI=1S/C26H35N9O2/c1-16(37-26(2,3)4)33-9-7-17(8-10-33)35-15-30-23-22(20-11-29-21(27)12-28-20)31-25(32-24(23)35)34-13-18-5-6-19(14-34)36-18/h11-12,15,17-19H,1,5-10,13-14H2,2-4H3,(H2,27,29). The second-order valence-electron chi connectivity index (χ2n) is 11.2. The minimum absolute atomic E-state index is 0.232. The lowest BCUT2D eigenvalue weighted by atomic mass is 10.0. The van der Waals surface area contributed by atoms with Crippen LogP contribution in [0, 0.1) is 0 Å². The molecule has 3 aromatic heterocycles. The molecule has 0 aromatic carbocycles. The van der Waals surface area contributed by atoms with Gasteiger partial charge in [0.1, 0.15) is 28.3 Å². The maximum atomic E-state index is 6.05. The molecule has 3 aliphatic heterocycles. The van der Waals surface area contributed by atoms with Gasteiger partial charge >= 0.3 is 0 Å². The van der Waals surface area contributed by atoms with Gasteiger partial charge < -0.3 is 29.6 Å². The minimum atomic E-state index is -0.262. The van der Waals surface area contributed by atoms with Crippen molar-refractivity contribution in [3.63, 3.8) is 0 Å². The monoisotopic (exact) mass is 505 g/mol. The summed E-state index contributed by atoms with van der Waals surface area (Å²) < 4.78 is 14.3. The fourth-order valence-electron chi connectivity index (χ4n) is 5.54. The second-order valence-corrected chi connectivity index (χ2v) is 11.2. The van der Waals surface area contributed by atoms with Crippen molar-refractivity contribution in [1.29, 1.82) is 0 Å². The Kier molecular flexibility index (Phi) is 5.89. The molecule has 6 heterocycles. The van der Waals surface area contributed by atoms with Gasteiger partial charge in [0, 0.05) is 32.2 Å². The SMILES string of the molecule is C=C(OC(C)(C)C)N1CCC(n2cnc3c(-c4cnc(N)cn4)nc(N4CC5CCC(C4)O5)nc32)CC1. The number of anilines is 2. The van der Waals surface area contributed by atoms with Gasteiger partial charge in [-0.1, -0.05) is 0 Å². The first kappa shape index (κ1) is 23.9. The maximum absolute atomic E-state index is 6.05. The van der Waals surface area contributed by atoms with Crippen LogP contribution in [0.4, 0.5) is 11.8 Å². The number of likely N-dealkylation sites (tertiary alicyclic amines) is 1. The molecule has 0 amide bonds. The fourth-order valence-corrected chi connectivity index (χ4v) is 5.54. The van der Waals surface area contributed by atoms with Crippen molar-refractivity contribution in [2.24, 2.45) is 0 Å². The van der Waals surface area contributed by atoms with Gasteiger partial charge in [-0.2, -0.15) is 4.98 Å². The highest BCUT2D eigenvalue weighted by molar-refractivity contribution is 5.87. The van der Waals surface area contributed by atoms with E-state index >= 15 is 0 Å². The summed E-state index contributed by atoms with van der Waals surface area (Å²) in [6, 6.07) is 0.262. The third-order valence-corrected chi connectivity index (χ3v) is 7.29. The van der Waals surface area contributed by atoms with E-state index in [0.717, 1.165) is 68.9 Å². The van der Waals surface area contributed by atoms with E-state index in [1.807, 2.05) is 27.1 Å². The smallest absolute Gasteiger partial charge is 0.228 e. The molecule has 196 valence electrons. The van der Waals surface area contributed by atoms with Crippen LogP contribution in [0.2, 0.25) is 0 Å². The average Bonchev–Trinajstić information content (AvgIpc) is 3.45. The number of imidazole rings is 1. The Hall–Kier alpha value is -3.47. The summed E-state index contributed by atoms with van der Waals surface area (Å²) in [4.78, 5) is 28.0. The van der Waals surface area contributed by atoms with E-state index in [-0.39, 0.29) is 23.9 Å². The maximum Gasteiger partial charge on any atom is 0.228 e. The zero-order valence-corrected chi connectivity index (χ0v) is 21.8. The number of rotatable bonds is 5. The third kappa shape index (κ3) is 4.79. The zero-order valence-electron chi connectivity index (χ0n) is 21.8. The number of hydrogen-bond acceptors (Lipinski definition) is 10. The summed E-state index contributed by atoms with van der Waals surface area (Å²) >= 11 is 0. The van der Waals surface area contributed by atoms with E-state index in [2.05, 4.69) is 30.9 Å². The topological polar surface area (TPSA) is 120 Å². The Morgan fingerprint density at radius 3 is 2.41 bits per heavy atom. The highest BCUT2D eigenvalue weighted by Gasteiger charge is 2.35. The van der Waals surface area contributed by atoms with E-state index in [9.17, 15) is 0 Å². The number of nitrogen functional groups attached to an aromatic ring is 1. The first-order chi connectivity index (χ1) is 17.7. The molecule has 3 aromatic rings. The van der Waals surface area contributed by atoms with Gasteiger partial charge in [0.2, 0.25) is 5.95 Å². The van der Waals surface area contributed by atoms with E-state index < -0.39 is 0 Å². The summed E-state index contributed by atoms with van der Waals surface area (Å²) in [7, 11) is 0. The molecule has 0 radical (unpaired) electrons. The van der Waals surface area contributed by atoms with E-state index in [0.29, 0.717) is 23.2 Å². The summed E-state index contributed by atoms with van der Waals surface area (Å²) in [6.07, 6.45) is 9.61.